The Morgan fingerprint density at radius 3 is 2.48 bits per heavy atom. The van der Waals surface area contributed by atoms with E-state index in [1.165, 1.54) is 0 Å². The van der Waals surface area contributed by atoms with Gasteiger partial charge < -0.3 is 29.1 Å². The van der Waals surface area contributed by atoms with Gasteiger partial charge in [-0.25, -0.2) is 0 Å². The zero-order valence-electron chi connectivity index (χ0n) is 20.0. The number of aliphatic hydroxyl groups is 2. The molecule has 0 radical (unpaired) electrons. The minimum atomic E-state index is -5.34. The molecule has 3 saturated carbocycles. The van der Waals surface area contributed by atoms with Gasteiger partial charge in [-0.15, -0.1) is 0 Å². The third-order valence-corrected chi connectivity index (χ3v) is 9.44. The fraction of sp³-hybridized carbons (Fsp3) is 0.727. The monoisotopic (exact) mass is 498 g/mol. The van der Waals surface area contributed by atoms with Crippen LogP contribution in [0.25, 0.3) is 0 Å². The Balaban J connectivity index is 0.00000193. The molecular formula is C22H29Na2O8P. The number of phosphoric ester groups is 1. The number of carbonyl (C=O) groups excluding carboxylic acids is 2. The maximum atomic E-state index is 12.8. The molecule has 4 rings (SSSR count). The molecule has 172 valence electrons. The molecule has 4 unspecified atom stereocenters. The van der Waals surface area contributed by atoms with Crippen LogP contribution in [0.3, 0.4) is 0 Å². The minimum absolute atomic E-state index is 0. The second kappa shape index (κ2) is 9.96. The molecule has 33 heavy (non-hydrogen) atoms. The summed E-state index contributed by atoms with van der Waals surface area (Å²) in [5.41, 5.74) is -1.34. The molecule has 2 N–H and O–H groups in total. The number of allylic oxidation sites excluding steroid dienone is 4. The zero-order chi connectivity index (χ0) is 23.0. The van der Waals surface area contributed by atoms with Crippen LogP contribution in [0.5, 0.6) is 0 Å². The Labute approximate surface area is 238 Å². The number of hydrogen-bond donors (Lipinski definition) is 2. The molecular weight excluding hydrogens is 469 g/mol. The smallest absolute Gasteiger partial charge is 0.790 e. The first kappa shape index (κ1) is 30.1. The number of phosphoric acid groups is 1. The van der Waals surface area contributed by atoms with E-state index in [0.717, 1.165) is 17.6 Å². The van der Waals surface area contributed by atoms with E-state index in [-0.39, 0.29) is 95.5 Å². The summed E-state index contributed by atoms with van der Waals surface area (Å²) in [5, 5.41) is 22.7. The van der Waals surface area contributed by atoms with Crippen LogP contribution in [0.4, 0.5) is 0 Å². The number of carbonyl (C=O) groups is 2. The fourth-order valence-corrected chi connectivity index (χ4v) is 7.67. The second-order valence-electron chi connectivity index (χ2n) is 10.2. The van der Waals surface area contributed by atoms with Crippen molar-refractivity contribution >= 4 is 19.4 Å². The normalized spacial score (nSPS) is 42.0. The molecule has 0 amide bonds. The van der Waals surface area contributed by atoms with Gasteiger partial charge in [-0.2, -0.15) is 0 Å². The van der Waals surface area contributed by atoms with Crippen molar-refractivity contribution in [3.8, 4) is 0 Å². The zero-order valence-corrected chi connectivity index (χ0v) is 24.9. The summed E-state index contributed by atoms with van der Waals surface area (Å²) in [4.78, 5) is 46.5. The van der Waals surface area contributed by atoms with E-state index in [0.29, 0.717) is 12.8 Å². The van der Waals surface area contributed by atoms with Gasteiger partial charge in [-0.1, -0.05) is 25.0 Å². The van der Waals surface area contributed by atoms with E-state index in [1.54, 1.807) is 19.1 Å². The summed E-state index contributed by atoms with van der Waals surface area (Å²) in [6, 6.07) is 0. The molecule has 11 heteroatoms. The van der Waals surface area contributed by atoms with Gasteiger partial charge >= 0.3 is 59.1 Å². The first-order chi connectivity index (χ1) is 14.2. The van der Waals surface area contributed by atoms with Gasteiger partial charge in [0, 0.05) is 16.7 Å². The molecule has 0 aliphatic heterocycles. The predicted octanol–water partition coefficient (Wildman–Crippen LogP) is -5.19. The van der Waals surface area contributed by atoms with Crippen molar-refractivity contribution in [3.63, 3.8) is 0 Å². The summed E-state index contributed by atoms with van der Waals surface area (Å²) in [6.45, 7) is 4.77. The molecule has 4 aliphatic carbocycles. The van der Waals surface area contributed by atoms with Crippen LogP contribution in [-0.4, -0.2) is 40.1 Å². The number of Topliss-reactive ketones (excluding diaryl/α,β-unsaturated/α-hetero) is 1. The van der Waals surface area contributed by atoms with Gasteiger partial charge in [0.1, 0.15) is 12.2 Å². The standard InChI is InChI=1S/C22H31O8P.2Na/c1-12-8-14(23)9-13-4-5-15-16-6-7-22(26,18(25)11-30-31(27,28)29)20(16,2)10-17(24)19(15)21(12,13)3;;/h8-9,15-17,19,24,26H,4-7,10-11H2,1-3H3,(H2,27,28,29);;/q;2*+1/p-2/t15?,16?,17?,19?,20-,21-,22-;;/m0../s1. The van der Waals surface area contributed by atoms with Crippen LogP contribution in [-0.2, 0) is 18.7 Å². The number of fused-ring (bicyclic) bond motifs is 5. The molecule has 0 aromatic rings. The largest absolute Gasteiger partial charge is 1.00 e. The summed E-state index contributed by atoms with van der Waals surface area (Å²) in [6.07, 6.45) is 4.77. The average Bonchev–Trinajstić information content (AvgIpc) is 2.92. The quantitative estimate of drug-likeness (QED) is 0.289. The predicted molar refractivity (Wildman–Crippen MR) is 106 cm³/mol. The SMILES string of the molecule is CC1=CC(=O)C=C2CCC3C(C(O)C[C@@]4(C)C3CC[C@]4(O)C(=O)COP(=O)([O-])[O-])[C@@]12C.[Na+].[Na+]. The van der Waals surface area contributed by atoms with Gasteiger partial charge in [0.05, 0.1) is 13.9 Å². The molecule has 8 nitrogen and oxygen atoms in total. The van der Waals surface area contributed by atoms with E-state index in [1.807, 2.05) is 6.92 Å². The number of rotatable bonds is 4. The Bertz CT molecular complexity index is 945. The van der Waals surface area contributed by atoms with E-state index in [9.17, 15) is 34.2 Å². The van der Waals surface area contributed by atoms with Gasteiger partial charge in [-0.3, -0.25) is 9.59 Å². The molecule has 4 aliphatic rings. The molecule has 0 saturated heterocycles. The number of ketones is 2. The van der Waals surface area contributed by atoms with E-state index in [2.05, 4.69) is 11.4 Å². The maximum Gasteiger partial charge on any atom is 1.00 e. The molecule has 0 spiro atoms. The van der Waals surface area contributed by atoms with E-state index >= 15 is 0 Å². The molecule has 0 bridgehead atoms. The summed E-state index contributed by atoms with van der Waals surface area (Å²) in [5.74, 6) is -1.05. The van der Waals surface area contributed by atoms with Crippen LogP contribution < -0.4 is 68.9 Å². The van der Waals surface area contributed by atoms with Crippen LogP contribution in [0.2, 0.25) is 0 Å². The Hall–Kier alpha value is 0.850. The van der Waals surface area contributed by atoms with Crippen molar-refractivity contribution < 1.29 is 97.8 Å². The van der Waals surface area contributed by atoms with E-state index < -0.39 is 42.7 Å². The summed E-state index contributed by atoms with van der Waals surface area (Å²) in [7, 11) is -5.34. The minimum Gasteiger partial charge on any atom is -0.790 e. The van der Waals surface area contributed by atoms with Gasteiger partial charge in [-0.05, 0) is 63.0 Å². The third-order valence-electron chi connectivity index (χ3n) is 9.00. The second-order valence-corrected chi connectivity index (χ2v) is 11.3. The average molecular weight is 498 g/mol. The summed E-state index contributed by atoms with van der Waals surface area (Å²) < 4.78 is 15.0. The molecule has 0 aromatic carbocycles. The molecule has 0 heterocycles. The van der Waals surface area contributed by atoms with Crippen LogP contribution in [0.15, 0.2) is 23.3 Å². The van der Waals surface area contributed by atoms with Crippen LogP contribution in [0, 0.1) is 28.6 Å². The third kappa shape index (κ3) is 4.67. The maximum absolute atomic E-state index is 12.8. The van der Waals surface area contributed by atoms with Crippen LogP contribution >= 0.6 is 7.82 Å². The Morgan fingerprint density at radius 1 is 1.24 bits per heavy atom. The first-order valence-electron chi connectivity index (χ1n) is 10.8. The van der Waals surface area contributed by atoms with Crippen molar-refractivity contribution in [2.45, 2.75) is 64.6 Å². The van der Waals surface area contributed by atoms with Gasteiger partial charge in [0.25, 0.3) is 0 Å². The topological polar surface area (TPSA) is 147 Å². The van der Waals surface area contributed by atoms with Crippen molar-refractivity contribution in [3.05, 3.63) is 23.3 Å². The molecule has 0 aromatic heterocycles. The molecule has 7 atom stereocenters. The van der Waals surface area contributed by atoms with E-state index in [4.69, 9.17) is 0 Å². The van der Waals surface area contributed by atoms with Gasteiger partial charge in [0.2, 0.25) is 0 Å². The Kier molecular flexibility index (Phi) is 9.08. The fourth-order valence-electron chi connectivity index (χ4n) is 7.40. The van der Waals surface area contributed by atoms with Crippen molar-refractivity contribution in [2.75, 3.05) is 6.61 Å². The van der Waals surface area contributed by atoms with Gasteiger partial charge in [0.15, 0.2) is 11.6 Å². The first-order valence-corrected chi connectivity index (χ1v) is 12.2. The van der Waals surface area contributed by atoms with Crippen molar-refractivity contribution in [2.24, 2.45) is 28.6 Å². The summed E-state index contributed by atoms with van der Waals surface area (Å²) >= 11 is 0. The Morgan fingerprint density at radius 2 is 1.88 bits per heavy atom. The molecule has 3 fully saturated rings. The van der Waals surface area contributed by atoms with Crippen molar-refractivity contribution in [1.82, 2.24) is 0 Å². The van der Waals surface area contributed by atoms with Crippen molar-refractivity contribution in [1.29, 1.82) is 0 Å². The number of aliphatic hydroxyl groups excluding tert-OH is 1. The number of hydrogen-bond acceptors (Lipinski definition) is 8. The van der Waals surface area contributed by atoms with Crippen LogP contribution in [0.1, 0.15) is 52.9 Å².